The van der Waals surface area contributed by atoms with E-state index < -0.39 is 0 Å². The highest BCUT2D eigenvalue weighted by atomic mass is 127. The maximum Gasteiger partial charge on any atom is 0.188 e. The Labute approximate surface area is 118 Å². The molecule has 1 rings (SSSR count). The molecule has 0 aliphatic rings. The molecule has 0 spiro atoms. The highest BCUT2D eigenvalue weighted by molar-refractivity contribution is 14.0. The van der Waals surface area contributed by atoms with Gasteiger partial charge in [0.2, 0.25) is 0 Å². The SMILES string of the molecule is C#CCCN=C(N)NCCc1cccs1.I. The number of nitrogens with zero attached hydrogens (tertiary/aromatic N) is 1. The van der Waals surface area contributed by atoms with Crippen molar-refractivity contribution < 1.29 is 0 Å². The molecule has 0 radical (unpaired) electrons. The van der Waals surface area contributed by atoms with E-state index in [0.717, 1.165) is 13.0 Å². The van der Waals surface area contributed by atoms with Crippen LogP contribution in [0.1, 0.15) is 11.3 Å². The van der Waals surface area contributed by atoms with Crippen LogP contribution in [0.3, 0.4) is 0 Å². The van der Waals surface area contributed by atoms with Crippen molar-refractivity contribution in [2.75, 3.05) is 13.1 Å². The number of halogens is 1. The Morgan fingerprint density at radius 2 is 2.44 bits per heavy atom. The fraction of sp³-hybridized carbons (Fsp3) is 0.364. The number of terminal acetylenes is 1. The fourth-order valence-corrected chi connectivity index (χ4v) is 1.77. The topological polar surface area (TPSA) is 50.4 Å². The number of nitrogens with one attached hydrogen (secondary N) is 1. The molecule has 0 fully saturated rings. The van der Waals surface area contributed by atoms with Gasteiger partial charge in [-0.05, 0) is 17.9 Å². The van der Waals surface area contributed by atoms with Crippen molar-refractivity contribution in [3.05, 3.63) is 22.4 Å². The second-order valence-electron chi connectivity index (χ2n) is 2.98. The molecule has 1 aromatic rings. The van der Waals surface area contributed by atoms with Crippen LogP contribution in [-0.2, 0) is 6.42 Å². The van der Waals surface area contributed by atoms with Crippen LogP contribution in [0, 0.1) is 12.3 Å². The number of hydrogen-bond donors (Lipinski definition) is 2. The molecule has 0 amide bonds. The Morgan fingerprint density at radius 3 is 3.06 bits per heavy atom. The summed E-state index contributed by atoms with van der Waals surface area (Å²) >= 11 is 1.75. The zero-order chi connectivity index (χ0) is 10.9. The lowest BCUT2D eigenvalue weighted by Gasteiger charge is -2.03. The third-order valence-electron chi connectivity index (χ3n) is 1.80. The summed E-state index contributed by atoms with van der Waals surface area (Å²) in [5.41, 5.74) is 5.63. The largest absolute Gasteiger partial charge is 0.370 e. The fourth-order valence-electron chi connectivity index (χ4n) is 1.07. The summed E-state index contributed by atoms with van der Waals surface area (Å²) in [6.07, 6.45) is 6.71. The van der Waals surface area contributed by atoms with Gasteiger partial charge in [0.15, 0.2) is 5.96 Å². The van der Waals surface area contributed by atoms with Crippen molar-refractivity contribution >= 4 is 41.3 Å². The Kier molecular flexibility index (Phi) is 9.04. The molecular formula is C11H16IN3S. The molecule has 0 aliphatic carbocycles. The average molecular weight is 349 g/mol. The van der Waals surface area contributed by atoms with Crippen LogP contribution in [0.2, 0.25) is 0 Å². The summed E-state index contributed by atoms with van der Waals surface area (Å²) in [4.78, 5) is 5.42. The maximum atomic E-state index is 5.63. The summed E-state index contributed by atoms with van der Waals surface area (Å²) < 4.78 is 0. The third kappa shape index (κ3) is 6.69. The van der Waals surface area contributed by atoms with Crippen molar-refractivity contribution in [2.24, 2.45) is 10.7 Å². The molecule has 0 atom stereocenters. The van der Waals surface area contributed by atoms with Gasteiger partial charge in [0.25, 0.3) is 0 Å². The van der Waals surface area contributed by atoms with Crippen LogP contribution in [0.25, 0.3) is 0 Å². The summed E-state index contributed by atoms with van der Waals surface area (Å²) in [5.74, 6) is 2.99. The van der Waals surface area contributed by atoms with Gasteiger partial charge >= 0.3 is 0 Å². The molecule has 88 valence electrons. The second-order valence-corrected chi connectivity index (χ2v) is 4.01. The molecule has 0 aliphatic heterocycles. The molecule has 3 N–H and O–H groups in total. The minimum absolute atomic E-state index is 0. The standard InChI is InChI=1S/C11H15N3S.HI/c1-2-3-7-13-11(12)14-8-6-10-5-4-9-15-10;/h1,4-5,9H,3,6-8H2,(H3,12,13,14);1H. The first-order valence-corrected chi connectivity index (χ1v) is 5.70. The van der Waals surface area contributed by atoms with Crippen LogP contribution in [0.15, 0.2) is 22.5 Å². The van der Waals surface area contributed by atoms with Crippen molar-refractivity contribution in [1.29, 1.82) is 0 Å². The van der Waals surface area contributed by atoms with Crippen molar-refractivity contribution in [3.63, 3.8) is 0 Å². The number of guanidine groups is 1. The van der Waals surface area contributed by atoms with E-state index in [1.807, 2.05) is 6.07 Å². The third-order valence-corrected chi connectivity index (χ3v) is 2.73. The number of aliphatic imine (C=N–C) groups is 1. The molecule has 5 heteroatoms. The number of hydrogen-bond acceptors (Lipinski definition) is 2. The van der Waals surface area contributed by atoms with Crippen LogP contribution in [0.5, 0.6) is 0 Å². The van der Waals surface area contributed by atoms with Crippen molar-refractivity contribution in [2.45, 2.75) is 12.8 Å². The lowest BCUT2D eigenvalue weighted by atomic mass is 10.3. The summed E-state index contributed by atoms with van der Waals surface area (Å²) in [7, 11) is 0. The van der Waals surface area contributed by atoms with Crippen LogP contribution in [-0.4, -0.2) is 19.0 Å². The molecule has 16 heavy (non-hydrogen) atoms. The van der Waals surface area contributed by atoms with E-state index >= 15 is 0 Å². The number of nitrogens with two attached hydrogens (primary N) is 1. The quantitative estimate of drug-likeness (QED) is 0.280. The number of thiophene rings is 1. The molecule has 0 saturated heterocycles. The molecule has 3 nitrogen and oxygen atoms in total. The molecule has 1 heterocycles. The monoisotopic (exact) mass is 349 g/mol. The van der Waals surface area contributed by atoms with Gasteiger partial charge in [0, 0.05) is 17.8 Å². The van der Waals surface area contributed by atoms with E-state index in [2.05, 4.69) is 27.7 Å². The minimum atomic E-state index is 0. The van der Waals surface area contributed by atoms with Gasteiger partial charge in [-0.15, -0.1) is 47.7 Å². The van der Waals surface area contributed by atoms with Crippen LogP contribution >= 0.6 is 35.3 Å². The van der Waals surface area contributed by atoms with Gasteiger partial charge in [0.05, 0.1) is 6.54 Å². The van der Waals surface area contributed by atoms with E-state index in [-0.39, 0.29) is 24.0 Å². The Morgan fingerprint density at radius 1 is 1.62 bits per heavy atom. The van der Waals surface area contributed by atoms with E-state index in [1.165, 1.54) is 4.88 Å². The lowest BCUT2D eigenvalue weighted by molar-refractivity contribution is 0.857. The van der Waals surface area contributed by atoms with Gasteiger partial charge in [-0.2, -0.15) is 0 Å². The molecule has 0 saturated carbocycles. The molecule has 0 unspecified atom stereocenters. The minimum Gasteiger partial charge on any atom is -0.370 e. The van der Waals surface area contributed by atoms with Gasteiger partial charge in [0.1, 0.15) is 0 Å². The van der Waals surface area contributed by atoms with Gasteiger partial charge < -0.3 is 11.1 Å². The number of rotatable bonds is 5. The average Bonchev–Trinajstić information content (AvgIpc) is 2.71. The predicted molar refractivity (Wildman–Crippen MR) is 81.4 cm³/mol. The van der Waals surface area contributed by atoms with Gasteiger partial charge in [-0.3, -0.25) is 4.99 Å². The normalized spacial score (nSPS) is 10.3. The van der Waals surface area contributed by atoms with Crippen LogP contribution in [0.4, 0.5) is 0 Å². The van der Waals surface area contributed by atoms with Crippen LogP contribution < -0.4 is 11.1 Å². The highest BCUT2D eigenvalue weighted by Crippen LogP contribution is 2.07. The molecular weight excluding hydrogens is 333 g/mol. The van der Waals surface area contributed by atoms with Gasteiger partial charge in [-0.1, -0.05) is 6.07 Å². The molecule has 0 aromatic carbocycles. The Hall–Kier alpha value is -0.740. The van der Waals surface area contributed by atoms with Gasteiger partial charge in [-0.25, -0.2) is 0 Å². The second kappa shape index (κ2) is 9.48. The van der Waals surface area contributed by atoms with E-state index in [1.54, 1.807) is 11.3 Å². The van der Waals surface area contributed by atoms with E-state index in [9.17, 15) is 0 Å². The first-order valence-electron chi connectivity index (χ1n) is 4.82. The lowest BCUT2D eigenvalue weighted by Crippen LogP contribution is -2.33. The molecule has 0 bridgehead atoms. The maximum absolute atomic E-state index is 5.63. The van der Waals surface area contributed by atoms with E-state index in [0.29, 0.717) is 18.9 Å². The summed E-state index contributed by atoms with van der Waals surface area (Å²) in [5, 5.41) is 5.11. The van der Waals surface area contributed by atoms with Crippen molar-refractivity contribution in [1.82, 2.24) is 5.32 Å². The Balaban J connectivity index is 0.00000225. The molecule has 1 aromatic heterocycles. The zero-order valence-electron chi connectivity index (χ0n) is 8.98. The smallest absolute Gasteiger partial charge is 0.188 e. The summed E-state index contributed by atoms with van der Waals surface area (Å²) in [6, 6.07) is 4.16. The highest BCUT2D eigenvalue weighted by Gasteiger charge is 1.94. The van der Waals surface area contributed by atoms with E-state index in [4.69, 9.17) is 12.2 Å². The predicted octanol–water partition coefficient (Wildman–Crippen LogP) is 1.84. The Bertz CT molecular complexity index is 341. The first kappa shape index (κ1) is 15.3. The summed E-state index contributed by atoms with van der Waals surface area (Å²) in [6.45, 7) is 1.40. The first-order chi connectivity index (χ1) is 7.33. The zero-order valence-corrected chi connectivity index (χ0v) is 12.1. The van der Waals surface area contributed by atoms with Crippen molar-refractivity contribution in [3.8, 4) is 12.3 Å².